The van der Waals surface area contributed by atoms with Gasteiger partial charge in [-0.15, -0.1) is 0 Å². The zero-order valence-corrected chi connectivity index (χ0v) is 13.2. The molecule has 0 saturated heterocycles. The average molecular weight is 302 g/mol. The van der Waals surface area contributed by atoms with Gasteiger partial charge < -0.3 is 15.7 Å². The van der Waals surface area contributed by atoms with Crippen molar-refractivity contribution in [3.63, 3.8) is 0 Å². The number of urea groups is 1. The van der Waals surface area contributed by atoms with Crippen LogP contribution in [0.1, 0.15) is 39.0 Å². The summed E-state index contributed by atoms with van der Waals surface area (Å²) in [6, 6.07) is 0.0733. The average Bonchev–Trinajstić information content (AvgIpc) is 2.43. The minimum absolute atomic E-state index is 0.112. The monoisotopic (exact) mass is 302 g/mol. The molecule has 0 radical (unpaired) electrons. The van der Waals surface area contributed by atoms with Gasteiger partial charge in [-0.1, -0.05) is 0 Å². The highest BCUT2D eigenvalue weighted by atomic mass is 32.2. The number of hydrogen-bond donors (Lipinski definition) is 3. The van der Waals surface area contributed by atoms with E-state index in [9.17, 15) is 9.59 Å². The Kier molecular flexibility index (Phi) is 7.80. The number of amides is 2. The molecule has 0 aromatic heterocycles. The zero-order chi connectivity index (χ0) is 15.0. The number of carboxylic acid groups (broad SMARTS) is 1. The molecule has 1 fully saturated rings. The van der Waals surface area contributed by atoms with E-state index in [2.05, 4.69) is 16.9 Å². The number of thioether (sulfide) groups is 1. The Morgan fingerprint density at radius 3 is 2.50 bits per heavy atom. The molecule has 0 aromatic rings. The Morgan fingerprint density at radius 1 is 1.30 bits per heavy atom. The lowest BCUT2D eigenvalue weighted by molar-refractivity contribution is -0.143. The van der Waals surface area contributed by atoms with Crippen LogP contribution < -0.4 is 10.6 Å². The minimum Gasteiger partial charge on any atom is -0.481 e. The van der Waals surface area contributed by atoms with Crippen LogP contribution in [0.25, 0.3) is 0 Å². The highest BCUT2D eigenvalue weighted by Gasteiger charge is 2.25. The number of hydrogen-bond acceptors (Lipinski definition) is 3. The molecule has 1 aliphatic rings. The Balaban J connectivity index is 2.14. The van der Waals surface area contributed by atoms with Gasteiger partial charge in [0.1, 0.15) is 0 Å². The van der Waals surface area contributed by atoms with E-state index in [0.717, 1.165) is 37.9 Å². The van der Waals surface area contributed by atoms with Crippen molar-refractivity contribution in [3.05, 3.63) is 0 Å². The maximum Gasteiger partial charge on any atom is 0.315 e. The first-order chi connectivity index (χ1) is 9.52. The molecule has 116 valence electrons. The fourth-order valence-electron chi connectivity index (χ4n) is 2.49. The van der Waals surface area contributed by atoms with E-state index in [0.29, 0.717) is 12.5 Å². The predicted molar refractivity (Wildman–Crippen MR) is 82.1 cm³/mol. The second-order valence-corrected chi connectivity index (χ2v) is 6.58. The van der Waals surface area contributed by atoms with Gasteiger partial charge in [0.25, 0.3) is 0 Å². The summed E-state index contributed by atoms with van der Waals surface area (Å²) in [6.45, 7) is 2.65. The first-order valence-corrected chi connectivity index (χ1v) is 8.68. The highest BCUT2D eigenvalue weighted by Crippen LogP contribution is 2.28. The zero-order valence-electron chi connectivity index (χ0n) is 12.4. The summed E-state index contributed by atoms with van der Waals surface area (Å²) in [5.74, 6) is 0.585. The van der Waals surface area contributed by atoms with Crippen LogP contribution in [-0.2, 0) is 4.79 Å². The Labute approximate surface area is 125 Å². The molecule has 0 aromatic carbocycles. The van der Waals surface area contributed by atoms with Gasteiger partial charge in [-0.2, -0.15) is 11.8 Å². The molecule has 1 unspecified atom stereocenters. The summed E-state index contributed by atoms with van der Waals surface area (Å²) in [5.41, 5.74) is 0. The van der Waals surface area contributed by atoms with Gasteiger partial charge >= 0.3 is 12.0 Å². The summed E-state index contributed by atoms with van der Waals surface area (Å²) < 4.78 is 0. The normalized spacial score (nSPS) is 23.9. The Bertz CT molecular complexity index is 318. The summed E-state index contributed by atoms with van der Waals surface area (Å²) in [7, 11) is 0. The van der Waals surface area contributed by atoms with E-state index in [4.69, 9.17) is 5.11 Å². The Hall–Kier alpha value is -0.910. The molecule has 1 rings (SSSR count). The van der Waals surface area contributed by atoms with Crippen molar-refractivity contribution < 1.29 is 14.7 Å². The molecule has 0 bridgehead atoms. The summed E-state index contributed by atoms with van der Waals surface area (Å²) >= 11 is 1.78. The van der Waals surface area contributed by atoms with Gasteiger partial charge in [0.15, 0.2) is 0 Å². The van der Waals surface area contributed by atoms with Gasteiger partial charge in [-0.3, -0.25) is 4.79 Å². The minimum atomic E-state index is -0.684. The van der Waals surface area contributed by atoms with E-state index < -0.39 is 5.97 Å². The molecule has 1 atom stereocenters. The first-order valence-electron chi connectivity index (χ1n) is 7.29. The highest BCUT2D eigenvalue weighted by molar-refractivity contribution is 7.98. The van der Waals surface area contributed by atoms with E-state index in [1.165, 1.54) is 0 Å². The molecular weight excluding hydrogens is 276 g/mol. The Morgan fingerprint density at radius 2 is 1.95 bits per heavy atom. The number of carboxylic acids is 1. The lowest BCUT2D eigenvalue weighted by Gasteiger charge is -2.26. The van der Waals surface area contributed by atoms with Crippen molar-refractivity contribution in [3.8, 4) is 0 Å². The molecule has 5 nitrogen and oxygen atoms in total. The fourth-order valence-corrected chi connectivity index (χ4v) is 3.08. The molecule has 20 heavy (non-hydrogen) atoms. The predicted octanol–water partition coefficient (Wildman–Crippen LogP) is 2.32. The number of aliphatic carboxylic acids is 1. The second-order valence-electron chi connectivity index (χ2n) is 5.59. The van der Waals surface area contributed by atoms with Crippen LogP contribution in [-0.4, -0.2) is 41.7 Å². The maximum atomic E-state index is 11.7. The largest absolute Gasteiger partial charge is 0.481 e. The van der Waals surface area contributed by atoms with Gasteiger partial charge in [0, 0.05) is 12.6 Å². The summed E-state index contributed by atoms with van der Waals surface area (Å²) in [6.07, 6.45) is 6.26. The van der Waals surface area contributed by atoms with E-state index in [-0.39, 0.29) is 18.0 Å². The first kappa shape index (κ1) is 17.1. The molecule has 0 spiro atoms. The van der Waals surface area contributed by atoms with Crippen molar-refractivity contribution in [2.75, 3.05) is 18.6 Å². The van der Waals surface area contributed by atoms with E-state index in [1.807, 2.05) is 6.92 Å². The second kappa shape index (κ2) is 9.10. The van der Waals surface area contributed by atoms with Crippen LogP contribution in [0.3, 0.4) is 0 Å². The number of carbonyl (C=O) groups is 2. The molecule has 1 saturated carbocycles. The van der Waals surface area contributed by atoms with Crippen molar-refractivity contribution in [1.29, 1.82) is 0 Å². The van der Waals surface area contributed by atoms with Gasteiger partial charge in [-0.05, 0) is 57.0 Å². The van der Waals surface area contributed by atoms with Gasteiger partial charge in [0.2, 0.25) is 0 Å². The summed E-state index contributed by atoms with van der Waals surface area (Å²) in [5, 5.41) is 14.8. The van der Waals surface area contributed by atoms with Crippen molar-refractivity contribution >= 4 is 23.8 Å². The van der Waals surface area contributed by atoms with Crippen LogP contribution >= 0.6 is 11.8 Å². The third kappa shape index (κ3) is 6.50. The topological polar surface area (TPSA) is 78.4 Å². The number of rotatable bonds is 7. The smallest absolute Gasteiger partial charge is 0.315 e. The van der Waals surface area contributed by atoms with Crippen molar-refractivity contribution in [1.82, 2.24) is 10.6 Å². The third-order valence-electron chi connectivity index (χ3n) is 3.88. The maximum absolute atomic E-state index is 11.7. The molecular formula is C14H26N2O3S. The summed E-state index contributed by atoms with van der Waals surface area (Å²) in [4.78, 5) is 22.6. The molecule has 0 heterocycles. The van der Waals surface area contributed by atoms with E-state index in [1.54, 1.807) is 11.8 Å². The lowest BCUT2D eigenvalue weighted by atomic mass is 9.82. The lowest BCUT2D eigenvalue weighted by Crippen LogP contribution is -2.43. The van der Waals surface area contributed by atoms with E-state index >= 15 is 0 Å². The molecule has 6 heteroatoms. The van der Waals surface area contributed by atoms with Gasteiger partial charge in [0.05, 0.1) is 5.92 Å². The van der Waals surface area contributed by atoms with Crippen LogP contribution in [0.4, 0.5) is 4.79 Å². The molecule has 2 amide bonds. The molecule has 0 aliphatic heterocycles. The van der Waals surface area contributed by atoms with Crippen LogP contribution in [0.15, 0.2) is 0 Å². The van der Waals surface area contributed by atoms with Crippen molar-refractivity contribution in [2.24, 2.45) is 11.8 Å². The molecule has 1 aliphatic carbocycles. The standard InChI is InChI=1S/C14H26N2O3S/c1-10(7-8-20-2)16-14(19)15-9-11-3-5-12(6-4-11)13(17)18/h10-12H,3-9H2,1-2H3,(H,17,18)(H2,15,16,19). The quantitative estimate of drug-likeness (QED) is 0.674. The van der Waals surface area contributed by atoms with Crippen LogP contribution in [0.2, 0.25) is 0 Å². The fraction of sp³-hybridized carbons (Fsp3) is 0.857. The number of carbonyl (C=O) groups excluding carboxylic acids is 1. The van der Waals surface area contributed by atoms with Crippen LogP contribution in [0, 0.1) is 11.8 Å². The SMILES string of the molecule is CSCCC(C)NC(=O)NCC1CCC(C(=O)O)CC1. The number of nitrogens with one attached hydrogen (secondary N) is 2. The van der Waals surface area contributed by atoms with Crippen molar-refractivity contribution in [2.45, 2.75) is 45.1 Å². The van der Waals surface area contributed by atoms with Crippen LogP contribution in [0.5, 0.6) is 0 Å². The molecule has 3 N–H and O–H groups in total. The van der Waals surface area contributed by atoms with Gasteiger partial charge in [-0.25, -0.2) is 4.79 Å². The third-order valence-corrected chi connectivity index (χ3v) is 4.52.